The smallest absolute Gasteiger partial charge is 0.319 e. The molecular weight excluding hydrogens is 517 g/mol. The van der Waals surface area contributed by atoms with Gasteiger partial charge in [0.25, 0.3) is 0 Å². The van der Waals surface area contributed by atoms with Gasteiger partial charge in [0.15, 0.2) is 11.0 Å². The van der Waals surface area contributed by atoms with Crippen molar-refractivity contribution in [2.24, 2.45) is 0 Å². The Hall–Kier alpha value is -3.20. The fourth-order valence-electron chi connectivity index (χ4n) is 3.51. The number of carbonyl (C=O) groups excluding carboxylic acids is 1. The third-order valence-electron chi connectivity index (χ3n) is 5.37. The van der Waals surface area contributed by atoms with Crippen LogP contribution in [0.3, 0.4) is 0 Å². The summed E-state index contributed by atoms with van der Waals surface area (Å²) < 4.78 is 7.30. The molecule has 2 N–H and O–H groups in total. The van der Waals surface area contributed by atoms with Crippen LogP contribution < -0.4 is 15.4 Å². The van der Waals surface area contributed by atoms with Gasteiger partial charge in [0.1, 0.15) is 5.75 Å². The molecule has 1 aromatic heterocycles. The highest BCUT2D eigenvalue weighted by atomic mass is 35.5. The number of benzene rings is 3. The Kier molecular flexibility index (Phi) is 8.40. The van der Waals surface area contributed by atoms with Crippen molar-refractivity contribution in [3.8, 4) is 11.4 Å². The molecule has 10 heteroatoms. The second kappa shape index (κ2) is 11.7. The summed E-state index contributed by atoms with van der Waals surface area (Å²) in [6.07, 6.45) is 0. The van der Waals surface area contributed by atoms with Gasteiger partial charge in [-0.1, -0.05) is 64.8 Å². The molecule has 0 radical (unpaired) electrons. The zero-order chi connectivity index (χ0) is 25.7. The third-order valence-corrected chi connectivity index (χ3v) is 6.91. The second-order valence-corrected chi connectivity index (χ2v) is 9.88. The lowest BCUT2D eigenvalue weighted by Crippen LogP contribution is -2.32. The lowest BCUT2D eigenvalue weighted by molar-refractivity contribution is 0.249. The number of carbonyl (C=O) groups is 1. The largest absolute Gasteiger partial charge is 0.497 e. The van der Waals surface area contributed by atoms with Crippen molar-refractivity contribution in [2.45, 2.75) is 30.8 Å². The summed E-state index contributed by atoms with van der Waals surface area (Å²) in [7, 11) is 1.65. The minimum atomic E-state index is -0.448. The molecule has 0 aliphatic carbocycles. The Balaban J connectivity index is 1.56. The minimum Gasteiger partial charge on any atom is -0.497 e. The highest BCUT2D eigenvalue weighted by Crippen LogP contribution is 2.29. The molecule has 0 saturated heterocycles. The number of urea groups is 1. The number of amides is 2. The topological polar surface area (TPSA) is 81.1 Å². The number of rotatable bonds is 8. The predicted molar refractivity (Wildman–Crippen MR) is 146 cm³/mol. The number of methoxy groups -OCH3 is 1. The molecule has 4 aromatic rings. The monoisotopic (exact) mass is 541 g/mol. The quantitative estimate of drug-likeness (QED) is 0.233. The zero-order valence-corrected chi connectivity index (χ0v) is 22.3. The first-order valence-electron chi connectivity index (χ1n) is 11.1. The van der Waals surface area contributed by atoms with Crippen LogP contribution in [0.4, 0.5) is 10.5 Å². The fraction of sp³-hybridized carbons (Fsp3) is 0.192. The van der Waals surface area contributed by atoms with Crippen LogP contribution in [0, 0.1) is 6.92 Å². The van der Waals surface area contributed by atoms with Crippen LogP contribution in [0.1, 0.15) is 29.9 Å². The highest BCUT2D eigenvalue weighted by molar-refractivity contribution is 7.98. The Bertz CT molecular complexity index is 1360. The molecule has 2 amide bonds. The van der Waals surface area contributed by atoms with Crippen molar-refractivity contribution in [2.75, 3.05) is 12.4 Å². The van der Waals surface area contributed by atoms with Crippen molar-refractivity contribution < 1.29 is 9.53 Å². The van der Waals surface area contributed by atoms with Crippen molar-refractivity contribution in [3.63, 3.8) is 0 Å². The summed E-state index contributed by atoms with van der Waals surface area (Å²) in [6, 6.07) is 20.0. The summed E-state index contributed by atoms with van der Waals surface area (Å²) in [5, 5.41) is 16.1. The fourth-order valence-corrected chi connectivity index (χ4v) is 4.87. The van der Waals surface area contributed by atoms with Crippen LogP contribution in [-0.2, 0) is 5.75 Å². The van der Waals surface area contributed by atoms with Gasteiger partial charge >= 0.3 is 6.03 Å². The molecule has 4 rings (SSSR count). The van der Waals surface area contributed by atoms with Gasteiger partial charge < -0.3 is 15.4 Å². The molecule has 1 heterocycles. The normalized spacial score (nSPS) is 11.7. The van der Waals surface area contributed by atoms with E-state index in [0.29, 0.717) is 32.5 Å². The van der Waals surface area contributed by atoms with E-state index in [1.54, 1.807) is 37.1 Å². The lowest BCUT2D eigenvalue weighted by atomic mass is 10.2. The lowest BCUT2D eigenvalue weighted by Gasteiger charge is -2.17. The molecule has 0 saturated carbocycles. The number of halogens is 2. The van der Waals surface area contributed by atoms with Crippen LogP contribution in [0.5, 0.6) is 5.75 Å². The van der Waals surface area contributed by atoms with Gasteiger partial charge in [0.2, 0.25) is 0 Å². The van der Waals surface area contributed by atoms with E-state index in [2.05, 4.69) is 20.8 Å². The summed E-state index contributed by atoms with van der Waals surface area (Å²) in [6.45, 7) is 3.89. The molecule has 7 nitrogen and oxygen atoms in total. The Morgan fingerprint density at radius 3 is 2.58 bits per heavy atom. The summed E-state index contributed by atoms with van der Waals surface area (Å²) in [5.74, 6) is 2.08. The van der Waals surface area contributed by atoms with Crippen molar-refractivity contribution in [3.05, 3.63) is 93.7 Å². The van der Waals surface area contributed by atoms with Crippen LogP contribution in [-0.4, -0.2) is 27.9 Å². The number of aromatic nitrogens is 3. The van der Waals surface area contributed by atoms with Gasteiger partial charge in [-0.15, -0.1) is 10.2 Å². The molecule has 0 aliphatic rings. The number of nitrogens with zero attached hydrogens (tertiary/aromatic N) is 3. The SMILES string of the molecule is COc1cccc(CSc2nnc(C(C)NC(=O)Nc3ccc(Cl)cc3Cl)n2-c2ccc(C)cc2)c1. The van der Waals surface area contributed by atoms with Crippen molar-refractivity contribution >= 4 is 46.7 Å². The van der Waals surface area contributed by atoms with E-state index in [1.807, 2.05) is 66.9 Å². The Labute approximate surface area is 224 Å². The second-order valence-electron chi connectivity index (χ2n) is 8.10. The van der Waals surface area contributed by atoms with Crippen LogP contribution in [0.2, 0.25) is 10.0 Å². The van der Waals surface area contributed by atoms with E-state index < -0.39 is 12.1 Å². The zero-order valence-electron chi connectivity index (χ0n) is 20.0. The maximum atomic E-state index is 12.7. The van der Waals surface area contributed by atoms with E-state index in [1.165, 1.54) is 0 Å². The molecule has 0 fully saturated rings. The summed E-state index contributed by atoms with van der Waals surface area (Å²) in [5.41, 5.74) is 3.61. The van der Waals surface area contributed by atoms with E-state index in [4.69, 9.17) is 27.9 Å². The van der Waals surface area contributed by atoms with Crippen molar-refractivity contribution in [1.29, 1.82) is 0 Å². The van der Waals surface area contributed by atoms with E-state index in [0.717, 1.165) is 22.6 Å². The average molecular weight is 542 g/mol. The molecule has 1 unspecified atom stereocenters. The molecule has 186 valence electrons. The summed E-state index contributed by atoms with van der Waals surface area (Å²) >= 11 is 13.7. The molecule has 3 aromatic carbocycles. The number of hydrogen-bond acceptors (Lipinski definition) is 5. The number of aryl methyl sites for hydroxylation is 1. The maximum Gasteiger partial charge on any atom is 0.319 e. The first kappa shape index (κ1) is 25.9. The van der Waals surface area contributed by atoms with Crippen molar-refractivity contribution in [1.82, 2.24) is 20.1 Å². The van der Waals surface area contributed by atoms with Gasteiger partial charge in [-0.05, 0) is 61.9 Å². The first-order valence-corrected chi connectivity index (χ1v) is 12.9. The van der Waals surface area contributed by atoms with E-state index >= 15 is 0 Å². The first-order chi connectivity index (χ1) is 17.3. The van der Waals surface area contributed by atoms with E-state index in [-0.39, 0.29) is 0 Å². The van der Waals surface area contributed by atoms with Gasteiger partial charge in [-0.2, -0.15) is 0 Å². The third kappa shape index (κ3) is 6.32. The Morgan fingerprint density at radius 2 is 1.86 bits per heavy atom. The predicted octanol–water partition coefficient (Wildman–Crippen LogP) is 7.07. The number of ether oxygens (including phenoxy) is 1. The maximum absolute atomic E-state index is 12.7. The molecule has 1 atom stereocenters. The average Bonchev–Trinajstić information content (AvgIpc) is 3.29. The van der Waals surface area contributed by atoms with Gasteiger partial charge in [0.05, 0.1) is 23.9 Å². The number of thioether (sulfide) groups is 1. The molecular formula is C26H25Cl2N5O2S. The minimum absolute atomic E-state index is 0.351. The number of anilines is 1. The standard InChI is InChI=1S/C26H25Cl2N5O2S/c1-16-7-10-20(11-8-16)33-24(17(2)29-25(34)30-23-12-9-19(27)14-22(23)28)31-32-26(33)36-15-18-5-4-6-21(13-18)35-3/h4-14,17H,15H2,1-3H3,(H2,29,30,34). The van der Waals surface area contributed by atoms with Crippen LogP contribution in [0.15, 0.2) is 71.9 Å². The summed E-state index contributed by atoms with van der Waals surface area (Å²) in [4.78, 5) is 12.7. The van der Waals surface area contributed by atoms with Gasteiger partial charge in [-0.25, -0.2) is 4.79 Å². The van der Waals surface area contributed by atoms with E-state index in [9.17, 15) is 4.79 Å². The molecule has 36 heavy (non-hydrogen) atoms. The highest BCUT2D eigenvalue weighted by Gasteiger charge is 2.21. The molecule has 0 spiro atoms. The number of nitrogens with one attached hydrogen (secondary N) is 2. The van der Waals surface area contributed by atoms with Gasteiger partial charge in [-0.3, -0.25) is 4.57 Å². The van der Waals surface area contributed by atoms with Crippen LogP contribution in [0.25, 0.3) is 5.69 Å². The van der Waals surface area contributed by atoms with Gasteiger partial charge in [0, 0.05) is 16.5 Å². The Morgan fingerprint density at radius 1 is 1.08 bits per heavy atom. The number of hydrogen-bond donors (Lipinski definition) is 2. The molecule has 0 bridgehead atoms. The van der Waals surface area contributed by atoms with Crippen LogP contribution >= 0.6 is 35.0 Å². The molecule has 0 aliphatic heterocycles.